The van der Waals surface area contributed by atoms with E-state index in [0.717, 1.165) is 51.6 Å². The van der Waals surface area contributed by atoms with Crippen LogP contribution in [0.3, 0.4) is 0 Å². The minimum atomic E-state index is -0.152. The summed E-state index contributed by atoms with van der Waals surface area (Å²) >= 11 is 0. The van der Waals surface area contributed by atoms with Crippen molar-refractivity contribution in [2.75, 3.05) is 13.1 Å². The highest BCUT2D eigenvalue weighted by Gasteiger charge is 2.15. The van der Waals surface area contributed by atoms with Gasteiger partial charge in [0.2, 0.25) is 5.91 Å². The fourth-order valence-corrected chi connectivity index (χ4v) is 3.67. The van der Waals surface area contributed by atoms with Crippen LogP contribution in [0.4, 0.5) is 0 Å². The zero-order valence-electron chi connectivity index (χ0n) is 17.3. The second kappa shape index (κ2) is 16.4. The Morgan fingerprint density at radius 3 is 2.38 bits per heavy atom. The highest BCUT2D eigenvalue weighted by molar-refractivity contribution is 5.76. The molecule has 3 nitrogen and oxygen atoms in total. The molecule has 26 heavy (non-hydrogen) atoms. The molecule has 1 atom stereocenters. The number of aliphatic hydroxyl groups excluding tert-OH is 1. The number of likely N-dealkylation sites (tertiary alicyclic amines) is 1. The molecule has 0 aromatic rings. The largest absolute Gasteiger partial charge is 0.393 e. The smallest absolute Gasteiger partial charge is 0.222 e. The zero-order valence-corrected chi connectivity index (χ0v) is 17.3. The van der Waals surface area contributed by atoms with E-state index in [-0.39, 0.29) is 6.10 Å². The molecule has 0 aliphatic carbocycles. The van der Waals surface area contributed by atoms with Gasteiger partial charge in [0.05, 0.1) is 6.10 Å². The Labute approximate surface area is 162 Å². The summed E-state index contributed by atoms with van der Waals surface area (Å²) in [7, 11) is 0. The highest BCUT2D eigenvalue weighted by atomic mass is 16.3. The van der Waals surface area contributed by atoms with Gasteiger partial charge in [-0.2, -0.15) is 0 Å². The van der Waals surface area contributed by atoms with Crippen LogP contribution in [-0.4, -0.2) is 35.1 Å². The molecule has 1 aliphatic rings. The number of nitrogens with zero attached hydrogens (tertiary/aromatic N) is 1. The lowest BCUT2D eigenvalue weighted by Crippen LogP contribution is -2.35. The molecule has 1 aliphatic heterocycles. The minimum Gasteiger partial charge on any atom is -0.393 e. The van der Waals surface area contributed by atoms with Crippen LogP contribution >= 0.6 is 0 Å². The van der Waals surface area contributed by atoms with Crippen LogP contribution in [-0.2, 0) is 4.79 Å². The number of piperidine rings is 1. The number of amides is 1. The van der Waals surface area contributed by atoms with Crippen LogP contribution in [0.15, 0.2) is 12.2 Å². The average molecular weight is 366 g/mol. The third-order valence-electron chi connectivity index (χ3n) is 5.44. The molecular weight excluding hydrogens is 322 g/mol. The number of unbranched alkanes of at least 4 members (excludes halogenated alkanes) is 8. The van der Waals surface area contributed by atoms with E-state index in [4.69, 9.17) is 0 Å². The Morgan fingerprint density at radius 2 is 1.62 bits per heavy atom. The van der Waals surface area contributed by atoms with Gasteiger partial charge in [-0.05, 0) is 51.4 Å². The summed E-state index contributed by atoms with van der Waals surface area (Å²) in [5, 5.41) is 9.91. The standard InChI is InChI=1S/C23H43NO2/c1-2-3-4-12-17-22(25)18-13-9-7-5-6-8-10-14-19-23(26)24-20-15-11-16-21-24/h9,13,22,25H,2-8,10-12,14-21H2,1H3/b13-9-/t22-/m1/s1. The van der Waals surface area contributed by atoms with Gasteiger partial charge in [-0.1, -0.05) is 64.0 Å². The van der Waals surface area contributed by atoms with Gasteiger partial charge in [-0.25, -0.2) is 0 Å². The summed E-state index contributed by atoms with van der Waals surface area (Å²) in [6, 6.07) is 0. The molecule has 0 radical (unpaired) electrons. The summed E-state index contributed by atoms with van der Waals surface area (Å²) in [6.07, 6.45) is 22.4. The van der Waals surface area contributed by atoms with Crippen LogP contribution < -0.4 is 0 Å². The molecule has 1 heterocycles. The number of carbonyl (C=O) groups excluding carboxylic acids is 1. The number of hydrogen-bond donors (Lipinski definition) is 1. The van der Waals surface area contributed by atoms with Crippen molar-refractivity contribution in [2.45, 2.75) is 116 Å². The molecule has 0 aromatic heterocycles. The van der Waals surface area contributed by atoms with Gasteiger partial charge >= 0.3 is 0 Å². The van der Waals surface area contributed by atoms with Gasteiger partial charge in [-0.3, -0.25) is 4.79 Å². The summed E-state index contributed by atoms with van der Waals surface area (Å²) in [6.45, 7) is 4.19. The molecular formula is C23H43NO2. The molecule has 1 fully saturated rings. The third-order valence-corrected chi connectivity index (χ3v) is 5.44. The van der Waals surface area contributed by atoms with E-state index in [9.17, 15) is 9.90 Å². The van der Waals surface area contributed by atoms with Gasteiger partial charge in [-0.15, -0.1) is 0 Å². The van der Waals surface area contributed by atoms with Crippen molar-refractivity contribution in [1.82, 2.24) is 4.90 Å². The molecule has 1 rings (SSSR count). The Kier molecular flexibility index (Phi) is 14.6. The van der Waals surface area contributed by atoms with Crippen molar-refractivity contribution in [1.29, 1.82) is 0 Å². The van der Waals surface area contributed by atoms with Crippen molar-refractivity contribution in [3.8, 4) is 0 Å². The fourth-order valence-electron chi connectivity index (χ4n) is 3.67. The van der Waals surface area contributed by atoms with Crippen LogP contribution in [0.25, 0.3) is 0 Å². The van der Waals surface area contributed by atoms with E-state index in [1.165, 1.54) is 64.2 Å². The van der Waals surface area contributed by atoms with Crippen molar-refractivity contribution in [3.63, 3.8) is 0 Å². The lowest BCUT2D eigenvalue weighted by Gasteiger charge is -2.26. The van der Waals surface area contributed by atoms with Gasteiger partial charge in [0.1, 0.15) is 0 Å². The number of rotatable bonds is 15. The maximum absolute atomic E-state index is 12.1. The zero-order chi connectivity index (χ0) is 18.9. The van der Waals surface area contributed by atoms with Gasteiger partial charge in [0.25, 0.3) is 0 Å². The van der Waals surface area contributed by atoms with Crippen molar-refractivity contribution in [3.05, 3.63) is 12.2 Å². The predicted molar refractivity (Wildman–Crippen MR) is 111 cm³/mol. The van der Waals surface area contributed by atoms with Gasteiger partial charge in [0, 0.05) is 19.5 Å². The molecule has 0 bridgehead atoms. The van der Waals surface area contributed by atoms with E-state index in [0.29, 0.717) is 5.91 Å². The highest BCUT2D eigenvalue weighted by Crippen LogP contribution is 2.13. The molecule has 0 unspecified atom stereocenters. The molecule has 1 amide bonds. The Hall–Kier alpha value is -0.830. The van der Waals surface area contributed by atoms with Crippen molar-refractivity contribution in [2.24, 2.45) is 0 Å². The summed E-state index contributed by atoms with van der Waals surface area (Å²) in [5.74, 6) is 0.376. The van der Waals surface area contributed by atoms with E-state index in [1.807, 2.05) is 0 Å². The van der Waals surface area contributed by atoms with E-state index in [1.54, 1.807) is 0 Å². The predicted octanol–water partition coefficient (Wildman–Crippen LogP) is 6.01. The average Bonchev–Trinajstić information content (AvgIpc) is 2.67. The monoisotopic (exact) mass is 365 g/mol. The van der Waals surface area contributed by atoms with Crippen LogP contribution in [0.1, 0.15) is 110 Å². The number of allylic oxidation sites excluding steroid dienone is 1. The molecule has 152 valence electrons. The molecule has 0 saturated carbocycles. The second-order valence-electron chi connectivity index (χ2n) is 7.96. The lowest BCUT2D eigenvalue weighted by atomic mass is 10.1. The maximum Gasteiger partial charge on any atom is 0.222 e. The molecule has 3 heteroatoms. The number of hydrogen-bond acceptors (Lipinski definition) is 2. The van der Waals surface area contributed by atoms with Gasteiger partial charge in [0.15, 0.2) is 0 Å². The SMILES string of the molecule is CCCCCC[C@@H](O)C/C=C\CCCCCCCC(=O)N1CCCCC1. The summed E-state index contributed by atoms with van der Waals surface area (Å²) in [5.41, 5.74) is 0. The second-order valence-corrected chi connectivity index (χ2v) is 7.96. The summed E-state index contributed by atoms with van der Waals surface area (Å²) < 4.78 is 0. The minimum absolute atomic E-state index is 0.152. The first-order valence-electron chi connectivity index (χ1n) is 11.3. The third kappa shape index (κ3) is 12.5. The van der Waals surface area contributed by atoms with Crippen LogP contribution in [0.5, 0.6) is 0 Å². The van der Waals surface area contributed by atoms with Crippen LogP contribution in [0.2, 0.25) is 0 Å². The van der Waals surface area contributed by atoms with Gasteiger partial charge < -0.3 is 10.0 Å². The van der Waals surface area contributed by atoms with E-state index >= 15 is 0 Å². The van der Waals surface area contributed by atoms with Crippen LogP contribution in [0, 0.1) is 0 Å². The Morgan fingerprint density at radius 1 is 0.923 bits per heavy atom. The van der Waals surface area contributed by atoms with Crippen molar-refractivity contribution >= 4 is 5.91 Å². The quantitative estimate of drug-likeness (QED) is 0.285. The van der Waals surface area contributed by atoms with E-state index in [2.05, 4.69) is 24.0 Å². The lowest BCUT2D eigenvalue weighted by molar-refractivity contribution is -0.132. The Balaban J connectivity index is 1.85. The first-order valence-corrected chi connectivity index (χ1v) is 11.3. The Bertz CT molecular complexity index is 361. The first kappa shape index (κ1) is 23.2. The molecule has 1 N–H and O–H groups in total. The number of aliphatic hydroxyl groups is 1. The normalized spacial score (nSPS) is 16.3. The molecule has 0 spiro atoms. The summed E-state index contributed by atoms with van der Waals surface area (Å²) in [4.78, 5) is 14.1. The maximum atomic E-state index is 12.1. The molecule has 0 aromatic carbocycles. The van der Waals surface area contributed by atoms with Crippen molar-refractivity contribution < 1.29 is 9.90 Å². The van der Waals surface area contributed by atoms with E-state index < -0.39 is 0 Å². The first-order chi connectivity index (χ1) is 12.7. The molecule has 1 saturated heterocycles. The topological polar surface area (TPSA) is 40.5 Å². The number of carbonyl (C=O) groups is 1. The fraction of sp³-hybridized carbons (Fsp3) is 0.870.